The molecule has 1 fully saturated rings. The van der Waals surface area contributed by atoms with Crippen molar-refractivity contribution in [1.29, 1.82) is 0 Å². The van der Waals surface area contributed by atoms with Gasteiger partial charge in [-0.15, -0.1) is 11.3 Å². The van der Waals surface area contributed by atoms with Crippen molar-refractivity contribution < 1.29 is 9.90 Å². The highest BCUT2D eigenvalue weighted by Crippen LogP contribution is 2.38. The van der Waals surface area contributed by atoms with Crippen molar-refractivity contribution in [3.05, 3.63) is 17.3 Å². The average molecular weight is 307 g/mol. The Balaban J connectivity index is 1.91. The zero-order chi connectivity index (χ0) is 15.2. The van der Waals surface area contributed by atoms with Crippen LogP contribution in [0.2, 0.25) is 0 Å². The summed E-state index contributed by atoms with van der Waals surface area (Å²) in [5.41, 5.74) is 0.681. The molecule has 0 atom stereocenters. The van der Waals surface area contributed by atoms with Crippen LogP contribution in [-0.4, -0.2) is 33.6 Å². The lowest BCUT2D eigenvalue weighted by Crippen LogP contribution is -2.38. The highest BCUT2D eigenvalue weighted by Gasteiger charge is 2.32. The molecule has 3 rings (SSSR count). The van der Waals surface area contributed by atoms with E-state index in [0.29, 0.717) is 17.3 Å². The highest BCUT2D eigenvalue weighted by atomic mass is 32.1. The third-order valence-corrected chi connectivity index (χ3v) is 5.39. The first kappa shape index (κ1) is 14.4. The summed E-state index contributed by atoms with van der Waals surface area (Å²) >= 11 is 1.47. The van der Waals surface area contributed by atoms with Crippen LogP contribution in [0.25, 0.3) is 4.96 Å². The Morgan fingerprint density at radius 2 is 2.14 bits per heavy atom. The summed E-state index contributed by atoms with van der Waals surface area (Å²) in [5, 5.41) is 11.4. The molecule has 2 aromatic heterocycles. The summed E-state index contributed by atoms with van der Waals surface area (Å²) in [7, 11) is 1.97. The van der Waals surface area contributed by atoms with Crippen LogP contribution < -0.4 is 4.90 Å². The van der Waals surface area contributed by atoms with Crippen LogP contribution in [0, 0.1) is 5.41 Å². The minimum Gasteiger partial charge on any atom is -0.476 e. The van der Waals surface area contributed by atoms with Crippen LogP contribution in [0.4, 0.5) is 5.82 Å². The van der Waals surface area contributed by atoms with Crippen LogP contribution in [0.3, 0.4) is 0 Å². The number of imidazole rings is 1. The van der Waals surface area contributed by atoms with Crippen LogP contribution in [-0.2, 0) is 0 Å². The standard InChI is InChI=1S/C15H21N3O2S/c1-15(2)6-4-10(5-7-15)17(3)12-11(13(19)20)18-8-9-21-14(18)16-12/h8-10H,4-7H2,1-3H3,(H,19,20). The fraction of sp³-hybridized carbons (Fsp3) is 0.600. The van der Waals surface area contributed by atoms with E-state index >= 15 is 0 Å². The van der Waals surface area contributed by atoms with E-state index in [2.05, 4.69) is 23.7 Å². The van der Waals surface area contributed by atoms with Gasteiger partial charge < -0.3 is 10.0 Å². The SMILES string of the molecule is CN(c1nc2sccn2c1C(=O)O)C1CCC(C)(C)CC1. The smallest absolute Gasteiger partial charge is 0.356 e. The summed E-state index contributed by atoms with van der Waals surface area (Å²) < 4.78 is 1.67. The van der Waals surface area contributed by atoms with Gasteiger partial charge in [0.25, 0.3) is 0 Å². The zero-order valence-corrected chi connectivity index (χ0v) is 13.5. The molecule has 1 saturated carbocycles. The first-order chi connectivity index (χ1) is 9.89. The second-order valence-corrected chi connectivity index (χ2v) is 7.52. The fourth-order valence-corrected chi connectivity index (χ4v) is 3.87. The molecule has 1 aliphatic rings. The number of anilines is 1. The number of carbonyl (C=O) groups is 1. The number of rotatable bonds is 3. The number of hydrogen-bond acceptors (Lipinski definition) is 4. The summed E-state index contributed by atoms with van der Waals surface area (Å²) in [5.74, 6) is -0.321. The van der Waals surface area contributed by atoms with Gasteiger partial charge in [0, 0.05) is 24.7 Å². The number of hydrogen-bond donors (Lipinski definition) is 1. The normalized spacial score (nSPS) is 19.0. The number of nitrogens with zero attached hydrogens (tertiary/aromatic N) is 3. The largest absolute Gasteiger partial charge is 0.476 e. The van der Waals surface area contributed by atoms with Gasteiger partial charge in [-0.3, -0.25) is 4.40 Å². The Labute approximate surface area is 128 Å². The van der Waals surface area contributed by atoms with Gasteiger partial charge in [0.2, 0.25) is 0 Å². The number of carboxylic acid groups (broad SMARTS) is 1. The fourth-order valence-electron chi connectivity index (χ4n) is 3.16. The molecule has 6 heteroatoms. The monoisotopic (exact) mass is 307 g/mol. The first-order valence-electron chi connectivity index (χ1n) is 7.31. The quantitative estimate of drug-likeness (QED) is 0.943. The second kappa shape index (κ2) is 5.02. The molecule has 0 saturated heterocycles. The Hall–Kier alpha value is -1.56. The van der Waals surface area contributed by atoms with Gasteiger partial charge in [0.15, 0.2) is 16.5 Å². The van der Waals surface area contributed by atoms with E-state index in [0.717, 1.165) is 17.8 Å². The van der Waals surface area contributed by atoms with E-state index in [1.165, 1.54) is 24.2 Å². The molecule has 1 N–H and O–H groups in total. The molecule has 5 nitrogen and oxygen atoms in total. The van der Waals surface area contributed by atoms with Crippen molar-refractivity contribution in [3.8, 4) is 0 Å². The minimum absolute atomic E-state index is 0.276. The molecule has 0 aliphatic heterocycles. The van der Waals surface area contributed by atoms with Gasteiger partial charge in [-0.1, -0.05) is 13.8 Å². The van der Waals surface area contributed by atoms with E-state index in [-0.39, 0.29) is 5.69 Å². The van der Waals surface area contributed by atoms with E-state index in [1.54, 1.807) is 10.6 Å². The van der Waals surface area contributed by atoms with Gasteiger partial charge >= 0.3 is 5.97 Å². The van der Waals surface area contributed by atoms with Crippen molar-refractivity contribution in [3.63, 3.8) is 0 Å². The minimum atomic E-state index is -0.918. The lowest BCUT2D eigenvalue weighted by molar-refractivity contribution is 0.0690. The molecule has 2 heterocycles. The number of carboxylic acids is 1. The highest BCUT2D eigenvalue weighted by molar-refractivity contribution is 7.15. The molecular formula is C15H21N3O2S. The lowest BCUT2D eigenvalue weighted by Gasteiger charge is -2.38. The molecule has 0 radical (unpaired) electrons. The third-order valence-electron chi connectivity index (χ3n) is 4.64. The molecular weight excluding hydrogens is 286 g/mol. The van der Waals surface area contributed by atoms with Crippen molar-refractivity contribution in [2.24, 2.45) is 5.41 Å². The topological polar surface area (TPSA) is 57.8 Å². The number of aromatic carboxylic acids is 1. The van der Waals surface area contributed by atoms with E-state index < -0.39 is 5.97 Å². The maximum Gasteiger partial charge on any atom is 0.356 e. The van der Waals surface area contributed by atoms with Gasteiger partial charge in [-0.05, 0) is 31.1 Å². The van der Waals surface area contributed by atoms with Gasteiger partial charge in [0.05, 0.1) is 0 Å². The van der Waals surface area contributed by atoms with Gasteiger partial charge in [-0.25, -0.2) is 9.78 Å². The molecule has 0 amide bonds. The van der Waals surface area contributed by atoms with Crippen molar-refractivity contribution >= 4 is 28.1 Å². The van der Waals surface area contributed by atoms with Crippen molar-refractivity contribution in [1.82, 2.24) is 9.38 Å². The van der Waals surface area contributed by atoms with Gasteiger partial charge in [0.1, 0.15) is 0 Å². The molecule has 114 valence electrons. The Bertz CT molecular complexity index is 664. The molecule has 0 spiro atoms. The van der Waals surface area contributed by atoms with E-state index in [9.17, 15) is 9.90 Å². The van der Waals surface area contributed by atoms with E-state index in [4.69, 9.17) is 0 Å². The van der Waals surface area contributed by atoms with Crippen molar-refractivity contribution in [2.45, 2.75) is 45.6 Å². The zero-order valence-electron chi connectivity index (χ0n) is 12.7. The van der Waals surface area contributed by atoms with Crippen molar-refractivity contribution in [2.75, 3.05) is 11.9 Å². The van der Waals surface area contributed by atoms with Gasteiger partial charge in [-0.2, -0.15) is 0 Å². The summed E-state index contributed by atoms with van der Waals surface area (Å²) in [6.45, 7) is 4.61. The maximum atomic E-state index is 11.6. The molecule has 2 aromatic rings. The predicted octanol–water partition coefficient (Wildman–Crippen LogP) is 3.50. The Kier molecular flexibility index (Phi) is 3.43. The first-order valence-corrected chi connectivity index (χ1v) is 8.19. The molecule has 0 aromatic carbocycles. The van der Waals surface area contributed by atoms with Crippen LogP contribution in [0.15, 0.2) is 11.6 Å². The number of thiazole rings is 1. The Morgan fingerprint density at radius 1 is 1.48 bits per heavy atom. The maximum absolute atomic E-state index is 11.6. The summed E-state index contributed by atoms with van der Waals surface area (Å²) in [4.78, 5) is 18.9. The molecule has 0 bridgehead atoms. The van der Waals surface area contributed by atoms with Crippen LogP contribution >= 0.6 is 11.3 Å². The molecule has 1 aliphatic carbocycles. The lowest BCUT2D eigenvalue weighted by atomic mass is 9.75. The average Bonchev–Trinajstić information content (AvgIpc) is 2.96. The third kappa shape index (κ3) is 2.52. The Morgan fingerprint density at radius 3 is 2.76 bits per heavy atom. The molecule has 0 unspecified atom stereocenters. The summed E-state index contributed by atoms with van der Waals surface area (Å²) in [6.07, 6.45) is 6.30. The van der Waals surface area contributed by atoms with Crippen LogP contribution in [0.1, 0.15) is 50.0 Å². The number of aromatic nitrogens is 2. The summed E-state index contributed by atoms with van der Waals surface area (Å²) in [6, 6.07) is 0.376. The van der Waals surface area contributed by atoms with Crippen LogP contribution in [0.5, 0.6) is 0 Å². The predicted molar refractivity (Wildman–Crippen MR) is 84.5 cm³/mol. The van der Waals surface area contributed by atoms with E-state index in [1.807, 2.05) is 12.4 Å². The molecule has 21 heavy (non-hydrogen) atoms. The number of fused-ring (bicyclic) bond motifs is 1. The second-order valence-electron chi connectivity index (χ2n) is 6.65.